The van der Waals surface area contributed by atoms with Crippen LogP contribution in [0, 0.1) is 11.3 Å². The van der Waals surface area contributed by atoms with Crippen LogP contribution in [0.4, 0.5) is 0 Å². The Morgan fingerprint density at radius 2 is 1.57 bits per heavy atom. The van der Waals surface area contributed by atoms with Crippen LogP contribution in [0.2, 0.25) is 0 Å². The standard InChI is InChI=1S/C20H33N/c1-15(2)14-20(11-5-6-12-20)19(21)13-17-7-9-18(10-8-17)16(3)4/h7-10,15-16,19H,5-6,11-14,21H2,1-4H3. The summed E-state index contributed by atoms with van der Waals surface area (Å²) in [5.41, 5.74) is 9.91. The van der Waals surface area contributed by atoms with Crippen LogP contribution in [0.15, 0.2) is 24.3 Å². The van der Waals surface area contributed by atoms with Crippen LogP contribution in [0.1, 0.15) is 76.8 Å². The minimum atomic E-state index is 0.312. The van der Waals surface area contributed by atoms with Gasteiger partial charge in [0.25, 0.3) is 0 Å². The van der Waals surface area contributed by atoms with Gasteiger partial charge in [-0.2, -0.15) is 0 Å². The lowest BCUT2D eigenvalue weighted by Crippen LogP contribution is -2.42. The van der Waals surface area contributed by atoms with Crippen molar-refractivity contribution in [2.45, 2.75) is 78.2 Å². The summed E-state index contributed by atoms with van der Waals surface area (Å²) in [7, 11) is 0. The minimum absolute atomic E-state index is 0.312. The maximum atomic E-state index is 6.69. The van der Waals surface area contributed by atoms with Crippen LogP contribution >= 0.6 is 0 Å². The van der Waals surface area contributed by atoms with Crippen LogP contribution < -0.4 is 5.73 Å². The summed E-state index contributed by atoms with van der Waals surface area (Å²) >= 11 is 0. The fraction of sp³-hybridized carbons (Fsp3) is 0.700. The molecule has 2 rings (SSSR count). The highest BCUT2D eigenvalue weighted by molar-refractivity contribution is 5.25. The molecule has 2 N–H and O–H groups in total. The van der Waals surface area contributed by atoms with Crippen molar-refractivity contribution in [1.29, 1.82) is 0 Å². The average molecular weight is 287 g/mol. The van der Waals surface area contributed by atoms with Crippen molar-refractivity contribution in [1.82, 2.24) is 0 Å². The quantitative estimate of drug-likeness (QED) is 0.756. The molecule has 21 heavy (non-hydrogen) atoms. The van der Waals surface area contributed by atoms with Crippen molar-refractivity contribution in [3.63, 3.8) is 0 Å². The van der Waals surface area contributed by atoms with Crippen molar-refractivity contribution in [2.24, 2.45) is 17.1 Å². The van der Waals surface area contributed by atoms with Crippen molar-refractivity contribution in [2.75, 3.05) is 0 Å². The number of hydrogen-bond donors (Lipinski definition) is 1. The van der Waals surface area contributed by atoms with Gasteiger partial charge in [0, 0.05) is 6.04 Å². The fourth-order valence-corrected chi connectivity index (χ4v) is 4.13. The van der Waals surface area contributed by atoms with Gasteiger partial charge in [-0.1, -0.05) is 64.8 Å². The first-order valence-electron chi connectivity index (χ1n) is 8.77. The Balaban J connectivity index is 2.06. The highest BCUT2D eigenvalue weighted by Gasteiger charge is 2.39. The number of benzene rings is 1. The van der Waals surface area contributed by atoms with E-state index in [-0.39, 0.29) is 0 Å². The average Bonchev–Trinajstić information content (AvgIpc) is 2.88. The summed E-state index contributed by atoms with van der Waals surface area (Å²) in [4.78, 5) is 0. The van der Waals surface area contributed by atoms with Crippen molar-refractivity contribution in [3.05, 3.63) is 35.4 Å². The summed E-state index contributed by atoms with van der Waals surface area (Å²) in [6.45, 7) is 9.17. The second kappa shape index (κ2) is 6.96. The zero-order chi connectivity index (χ0) is 15.5. The Labute approximate surface area is 131 Å². The zero-order valence-electron chi connectivity index (χ0n) is 14.4. The minimum Gasteiger partial charge on any atom is -0.327 e. The van der Waals surface area contributed by atoms with E-state index >= 15 is 0 Å². The molecule has 0 amide bonds. The van der Waals surface area contributed by atoms with E-state index in [4.69, 9.17) is 5.73 Å². The van der Waals surface area contributed by atoms with Gasteiger partial charge in [-0.3, -0.25) is 0 Å². The van der Waals surface area contributed by atoms with Gasteiger partial charge >= 0.3 is 0 Å². The summed E-state index contributed by atoms with van der Waals surface area (Å²) in [5, 5.41) is 0. The maximum absolute atomic E-state index is 6.69. The van der Waals surface area contributed by atoms with E-state index in [0.717, 1.165) is 12.3 Å². The van der Waals surface area contributed by atoms with Crippen molar-refractivity contribution < 1.29 is 0 Å². The molecule has 1 aliphatic rings. The highest BCUT2D eigenvalue weighted by atomic mass is 14.7. The molecule has 1 aliphatic carbocycles. The normalized spacial score (nSPS) is 19.4. The van der Waals surface area contributed by atoms with E-state index in [9.17, 15) is 0 Å². The van der Waals surface area contributed by atoms with Crippen LogP contribution in [-0.4, -0.2) is 6.04 Å². The molecule has 118 valence electrons. The van der Waals surface area contributed by atoms with Gasteiger partial charge in [0.05, 0.1) is 0 Å². The van der Waals surface area contributed by atoms with Crippen LogP contribution in [0.3, 0.4) is 0 Å². The fourth-order valence-electron chi connectivity index (χ4n) is 4.13. The topological polar surface area (TPSA) is 26.0 Å². The molecule has 1 atom stereocenters. The second-order valence-electron chi connectivity index (χ2n) is 7.87. The van der Waals surface area contributed by atoms with Gasteiger partial charge in [0.2, 0.25) is 0 Å². The molecular formula is C20H33N. The third-order valence-electron chi connectivity index (χ3n) is 5.30. The Morgan fingerprint density at radius 3 is 2.05 bits per heavy atom. The largest absolute Gasteiger partial charge is 0.327 e. The van der Waals surface area contributed by atoms with E-state index in [1.165, 1.54) is 43.2 Å². The van der Waals surface area contributed by atoms with Crippen molar-refractivity contribution >= 4 is 0 Å². The van der Waals surface area contributed by atoms with Gasteiger partial charge < -0.3 is 5.73 Å². The highest BCUT2D eigenvalue weighted by Crippen LogP contribution is 2.46. The molecule has 0 heterocycles. The molecule has 1 fully saturated rings. The van der Waals surface area contributed by atoms with Crippen LogP contribution in [0.25, 0.3) is 0 Å². The predicted octanol–water partition coefficient (Wildman–Crippen LogP) is 5.29. The molecule has 0 aromatic heterocycles. The first-order valence-corrected chi connectivity index (χ1v) is 8.77. The smallest absolute Gasteiger partial charge is 0.0136 e. The summed E-state index contributed by atoms with van der Waals surface area (Å²) in [6, 6.07) is 9.43. The number of hydrogen-bond acceptors (Lipinski definition) is 1. The van der Waals surface area contributed by atoms with Gasteiger partial charge in [-0.25, -0.2) is 0 Å². The van der Waals surface area contributed by atoms with Gasteiger partial charge in [0.15, 0.2) is 0 Å². The molecule has 0 bridgehead atoms. The molecule has 1 heteroatoms. The van der Waals surface area contributed by atoms with Crippen molar-refractivity contribution in [3.8, 4) is 0 Å². The first kappa shape index (κ1) is 16.5. The summed E-state index contributed by atoms with van der Waals surface area (Å²) < 4.78 is 0. The molecule has 0 spiro atoms. The third kappa shape index (κ3) is 4.10. The van der Waals surface area contributed by atoms with E-state index < -0.39 is 0 Å². The Bertz CT molecular complexity index is 424. The van der Waals surface area contributed by atoms with Gasteiger partial charge in [-0.15, -0.1) is 0 Å². The molecule has 0 saturated heterocycles. The Kier molecular flexibility index (Phi) is 5.48. The van der Waals surface area contributed by atoms with E-state index in [1.807, 2.05) is 0 Å². The zero-order valence-corrected chi connectivity index (χ0v) is 14.4. The summed E-state index contributed by atoms with van der Waals surface area (Å²) in [6.07, 6.45) is 7.72. The van der Waals surface area contributed by atoms with Gasteiger partial charge in [0.1, 0.15) is 0 Å². The monoisotopic (exact) mass is 287 g/mol. The summed E-state index contributed by atoms with van der Waals surface area (Å²) in [5.74, 6) is 1.35. The van der Waals surface area contributed by atoms with Crippen LogP contribution in [-0.2, 0) is 6.42 Å². The molecule has 0 radical (unpaired) electrons. The van der Waals surface area contributed by atoms with E-state index in [1.54, 1.807) is 0 Å². The maximum Gasteiger partial charge on any atom is 0.0136 e. The molecule has 0 aliphatic heterocycles. The predicted molar refractivity (Wildman–Crippen MR) is 92.6 cm³/mol. The third-order valence-corrected chi connectivity index (χ3v) is 5.30. The Morgan fingerprint density at radius 1 is 1.00 bits per heavy atom. The second-order valence-corrected chi connectivity index (χ2v) is 7.87. The van der Waals surface area contributed by atoms with E-state index in [0.29, 0.717) is 17.4 Å². The molecule has 1 nitrogen and oxygen atoms in total. The molecule has 1 saturated carbocycles. The first-order chi connectivity index (χ1) is 9.93. The molecule has 1 aromatic carbocycles. The lowest BCUT2D eigenvalue weighted by molar-refractivity contribution is 0.181. The van der Waals surface area contributed by atoms with Gasteiger partial charge in [-0.05, 0) is 54.1 Å². The van der Waals surface area contributed by atoms with Crippen LogP contribution in [0.5, 0.6) is 0 Å². The van der Waals surface area contributed by atoms with E-state index in [2.05, 4.69) is 52.0 Å². The molecule has 1 unspecified atom stereocenters. The lowest BCUT2D eigenvalue weighted by Gasteiger charge is -2.37. The SMILES string of the molecule is CC(C)CC1(C(N)Cc2ccc(C(C)C)cc2)CCCC1. The Hall–Kier alpha value is -0.820. The number of nitrogens with two attached hydrogens (primary N) is 1. The molecular weight excluding hydrogens is 254 g/mol. The number of rotatable bonds is 6. The lowest BCUT2D eigenvalue weighted by atomic mass is 9.71. The molecule has 1 aromatic rings.